The molecule has 2 aromatic heterocycles. The van der Waals surface area contributed by atoms with Gasteiger partial charge in [0.15, 0.2) is 0 Å². The van der Waals surface area contributed by atoms with Gasteiger partial charge in [-0.1, -0.05) is 6.92 Å². The van der Waals surface area contributed by atoms with Crippen LogP contribution in [0, 0.1) is 0 Å². The molecule has 0 saturated carbocycles. The lowest BCUT2D eigenvalue weighted by molar-refractivity contribution is 0.199. The van der Waals surface area contributed by atoms with Gasteiger partial charge in [-0.2, -0.15) is 5.10 Å². The maximum absolute atomic E-state index is 5.01. The lowest BCUT2D eigenvalue weighted by atomic mass is 10.3. The van der Waals surface area contributed by atoms with Crippen LogP contribution < -0.4 is 5.32 Å². The fourth-order valence-corrected chi connectivity index (χ4v) is 2.07. The summed E-state index contributed by atoms with van der Waals surface area (Å²) in [5.74, 6) is 1.00. The van der Waals surface area contributed by atoms with E-state index in [1.54, 1.807) is 13.4 Å². The zero-order chi connectivity index (χ0) is 14.2. The van der Waals surface area contributed by atoms with E-state index in [0.29, 0.717) is 0 Å². The SMILES string of the molecule is CCCn1ncnc1Cn1ccc(CNCCOC)c1. The van der Waals surface area contributed by atoms with E-state index in [-0.39, 0.29) is 0 Å². The third kappa shape index (κ3) is 4.18. The molecule has 0 atom stereocenters. The smallest absolute Gasteiger partial charge is 0.146 e. The summed E-state index contributed by atoms with van der Waals surface area (Å²) in [5.41, 5.74) is 1.27. The molecule has 0 aliphatic carbocycles. The molecule has 6 heteroatoms. The molecule has 0 aromatic carbocycles. The number of nitrogens with one attached hydrogen (secondary N) is 1. The van der Waals surface area contributed by atoms with E-state index in [4.69, 9.17) is 4.74 Å². The predicted molar refractivity (Wildman–Crippen MR) is 77.4 cm³/mol. The number of methoxy groups -OCH3 is 1. The quantitative estimate of drug-likeness (QED) is 0.701. The summed E-state index contributed by atoms with van der Waals surface area (Å²) in [7, 11) is 1.71. The fraction of sp³-hybridized carbons (Fsp3) is 0.571. The Morgan fingerprint density at radius 3 is 3.10 bits per heavy atom. The molecule has 110 valence electrons. The van der Waals surface area contributed by atoms with Gasteiger partial charge in [0.1, 0.15) is 12.2 Å². The Kier molecular flexibility index (Phi) is 5.76. The minimum atomic E-state index is 0.737. The van der Waals surface area contributed by atoms with E-state index in [1.165, 1.54) is 5.56 Å². The van der Waals surface area contributed by atoms with Crippen LogP contribution in [0.5, 0.6) is 0 Å². The topological polar surface area (TPSA) is 56.9 Å². The summed E-state index contributed by atoms with van der Waals surface area (Å²) >= 11 is 0. The van der Waals surface area contributed by atoms with E-state index in [9.17, 15) is 0 Å². The van der Waals surface area contributed by atoms with Gasteiger partial charge < -0.3 is 14.6 Å². The highest BCUT2D eigenvalue weighted by Crippen LogP contribution is 2.05. The van der Waals surface area contributed by atoms with Crippen LogP contribution in [-0.4, -0.2) is 39.6 Å². The third-order valence-corrected chi connectivity index (χ3v) is 3.08. The Morgan fingerprint density at radius 1 is 1.40 bits per heavy atom. The van der Waals surface area contributed by atoms with E-state index in [1.807, 2.05) is 4.68 Å². The van der Waals surface area contributed by atoms with Gasteiger partial charge in [-0.3, -0.25) is 0 Å². The summed E-state index contributed by atoms with van der Waals surface area (Å²) in [5, 5.41) is 7.58. The molecule has 2 rings (SSSR count). The van der Waals surface area contributed by atoms with E-state index < -0.39 is 0 Å². The van der Waals surface area contributed by atoms with Gasteiger partial charge in [-0.15, -0.1) is 0 Å². The molecule has 0 saturated heterocycles. The van der Waals surface area contributed by atoms with Crippen LogP contribution in [0.15, 0.2) is 24.8 Å². The number of aromatic nitrogens is 4. The van der Waals surface area contributed by atoms with Gasteiger partial charge in [-0.05, 0) is 18.1 Å². The Balaban J connectivity index is 1.87. The van der Waals surface area contributed by atoms with Crippen molar-refractivity contribution in [2.45, 2.75) is 33.0 Å². The average Bonchev–Trinajstić information content (AvgIpc) is 3.06. The molecule has 0 unspecified atom stereocenters. The first-order valence-electron chi connectivity index (χ1n) is 7.04. The fourth-order valence-electron chi connectivity index (χ4n) is 2.07. The normalized spacial score (nSPS) is 11.1. The molecule has 2 aromatic rings. The second-order valence-corrected chi connectivity index (χ2v) is 4.76. The highest BCUT2D eigenvalue weighted by atomic mass is 16.5. The van der Waals surface area contributed by atoms with E-state index in [2.05, 4.69) is 45.4 Å². The molecule has 0 radical (unpaired) electrons. The van der Waals surface area contributed by atoms with E-state index in [0.717, 1.165) is 45.0 Å². The third-order valence-electron chi connectivity index (χ3n) is 3.08. The minimum Gasteiger partial charge on any atom is -0.383 e. The molecule has 0 aliphatic rings. The van der Waals surface area contributed by atoms with Crippen molar-refractivity contribution in [3.8, 4) is 0 Å². The second-order valence-electron chi connectivity index (χ2n) is 4.76. The summed E-state index contributed by atoms with van der Waals surface area (Å²) in [4.78, 5) is 4.32. The number of aryl methyl sites for hydroxylation is 1. The highest BCUT2D eigenvalue weighted by Gasteiger charge is 2.05. The zero-order valence-electron chi connectivity index (χ0n) is 12.2. The minimum absolute atomic E-state index is 0.737. The van der Waals surface area contributed by atoms with Crippen molar-refractivity contribution >= 4 is 0 Å². The lowest BCUT2D eigenvalue weighted by Gasteiger charge is -2.05. The number of ether oxygens (including phenoxy) is 1. The number of rotatable bonds is 9. The molecule has 6 nitrogen and oxygen atoms in total. The lowest BCUT2D eigenvalue weighted by Crippen LogP contribution is -2.18. The summed E-state index contributed by atoms with van der Waals surface area (Å²) < 4.78 is 9.12. The molecular weight excluding hydrogens is 254 g/mol. The van der Waals surface area contributed by atoms with Crippen LogP contribution in [0.3, 0.4) is 0 Å². The monoisotopic (exact) mass is 277 g/mol. The molecule has 1 N–H and O–H groups in total. The van der Waals surface area contributed by atoms with Crippen molar-refractivity contribution in [2.75, 3.05) is 20.3 Å². The molecule has 0 bridgehead atoms. The van der Waals surface area contributed by atoms with Crippen molar-refractivity contribution in [3.05, 3.63) is 36.2 Å². The summed E-state index contributed by atoms with van der Waals surface area (Å²) in [6.07, 6.45) is 6.92. The van der Waals surface area contributed by atoms with Crippen molar-refractivity contribution in [1.29, 1.82) is 0 Å². The first-order valence-corrected chi connectivity index (χ1v) is 7.04. The highest BCUT2D eigenvalue weighted by molar-refractivity contribution is 5.10. The Hall–Kier alpha value is -1.66. The standard InChI is InChI=1S/C14H23N5O/c1-3-6-19-14(16-12-17-19)11-18-7-4-13(10-18)9-15-5-8-20-2/h4,7,10,12,15H,3,5-6,8-9,11H2,1-2H3. The molecule has 0 fully saturated rings. The molecule has 0 spiro atoms. The zero-order valence-corrected chi connectivity index (χ0v) is 12.2. The predicted octanol–water partition coefficient (Wildman–Crippen LogP) is 1.27. The first kappa shape index (κ1) is 14.7. The Labute approximate surface area is 119 Å². The molecule has 0 aliphatic heterocycles. The van der Waals surface area contributed by atoms with E-state index >= 15 is 0 Å². The molecule has 2 heterocycles. The van der Waals surface area contributed by atoms with Crippen molar-refractivity contribution in [2.24, 2.45) is 0 Å². The van der Waals surface area contributed by atoms with Gasteiger partial charge in [0, 0.05) is 39.1 Å². The number of hydrogen-bond acceptors (Lipinski definition) is 4. The van der Waals surface area contributed by atoms with Crippen molar-refractivity contribution < 1.29 is 4.74 Å². The van der Waals surface area contributed by atoms with Crippen LogP contribution in [0.4, 0.5) is 0 Å². The maximum Gasteiger partial charge on any atom is 0.146 e. The van der Waals surface area contributed by atoms with Crippen LogP contribution in [0.25, 0.3) is 0 Å². The molecule has 0 amide bonds. The van der Waals surface area contributed by atoms with Gasteiger partial charge >= 0.3 is 0 Å². The van der Waals surface area contributed by atoms with Crippen LogP contribution in [0.2, 0.25) is 0 Å². The van der Waals surface area contributed by atoms with Gasteiger partial charge in [0.25, 0.3) is 0 Å². The van der Waals surface area contributed by atoms with Gasteiger partial charge in [0.2, 0.25) is 0 Å². The summed E-state index contributed by atoms with van der Waals surface area (Å²) in [6, 6.07) is 2.13. The van der Waals surface area contributed by atoms with Crippen molar-refractivity contribution in [1.82, 2.24) is 24.6 Å². The van der Waals surface area contributed by atoms with Gasteiger partial charge in [0.05, 0.1) is 13.2 Å². The largest absolute Gasteiger partial charge is 0.383 e. The van der Waals surface area contributed by atoms with Crippen LogP contribution in [0.1, 0.15) is 24.7 Å². The maximum atomic E-state index is 5.01. The number of hydrogen-bond donors (Lipinski definition) is 1. The van der Waals surface area contributed by atoms with Crippen LogP contribution >= 0.6 is 0 Å². The van der Waals surface area contributed by atoms with Crippen LogP contribution in [-0.2, 0) is 24.4 Å². The molecular formula is C14H23N5O. The molecule has 20 heavy (non-hydrogen) atoms. The average molecular weight is 277 g/mol. The van der Waals surface area contributed by atoms with Gasteiger partial charge in [-0.25, -0.2) is 9.67 Å². The van der Waals surface area contributed by atoms with Crippen molar-refractivity contribution in [3.63, 3.8) is 0 Å². The first-order chi connectivity index (χ1) is 9.83. The second kappa shape index (κ2) is 7.81. The number of nitrogens with zero attached hydrogens (tertiary/aromatic N) is 4. The summed E-state index contributed by atoms with van der Waals surface area (Å²) in [6.45, 7) is 6.29. The Bertz CT molecular complexity index is 505. The Morgan fingerprint density at radius 2 is 2.30 bits per heavy atom.